The molecule has 3 heterocycles. The molecule has 0 radical (unpaired) electrons. The fraction of sp³-hybridized carbons (Fsp3) is 0.556. The van der Waals surface area contributed by atoms with E-state index in [9.17, 15) is 5.26 Å². The van der Waals surface area contributed by atoms with E-state index in [0.717, 1.165) is 18.8 Å². The number of likely N-dealkylation sites (tertiary alicyclic amines) is 1. The van der Waals surface area contributed by atoms with Gasteiger partial charge in [0.25, 0.3) is 0 Å². The molecular formula is C18H24N4O2. The van der Waals surface area contributed by atoms with E-state index in [0.29, 0.717) is 24.0 Å². The van der Waals surface area contributed by atoms with Crippen LogP contribution in [0.5, 0.6) is 0 Å². The van der Waals surface area contributed by atoms with Crippen LogP contribution >= 0.6 is 0 Å². The van der Waals surface area contributed by atoms with Gasteiger partial charge in [-0.3, -0.25) is 4.90 Å². The number of anilines is 1. The molecule has 1 atom stereocenters. The van der Waals surface area contributed by atoms with Gasteiger partial charge in [0, 0.05) is 12.0 Å². The maximum Gasteiger partial charge on any atom is 0.232 e. The predicted octanol–water partition coefficient (Wildman–Crippen LogP) is 3.69. The third-order valence-electron chi connectivity index (χ3n) is 4.28. The van der Waals surface area contributed by atoms with Gasteiger partial charge < -0.3 is 14.2 Å². The fourth-order valence-electron chi connectivity index (χ4n) is 2.97. The molecule has 0 amide bonds. The molecule has 24 heavy (non-hydrogen) atoms. The number of hydrogen-bond donors (Lipinski definition) is 1. The first-order chi connectivity index (χ1) is 11.5. The summed E-state index contributed by atoms with van der Waals surface area (Å²) in [4.78, 5) is 6.71. The Morgan fingerprint density at radius 2 is 2.12 bits per heavy atom. The van der Waals surface area contributed by atoms with Crippen molar-refractivity contribution in [3.63, 3.8) is 0 Å². The molecule has 1 N–H and O–H groups in total. The highest BCUT2D eigenvalue weighted by atomic mass is 16.4. The van der Waals surface area contributed by atoms with Crippen LogP contribution in [0.3, 0.4) is 0 Å². The average molecular weight is 328 g/mol. The standard InChI is InChI=1S/C18H24N4O2/c1-18(2,3)17-21-13(11-19)16(24-17)20-12-14(15-7-6-10-23-15)22-8-4-5-9-22/h6-7,10,14,20H,4-5,8-9,12H2,1-3H3/t14-/m0/s1. The third kappa shape index (κ3) is 3.46. The Labute approximate surface area is 142 Å². The molecule has 0 spiro atoms. The maximum absolute atomic E-state index is 9.32. The lowest BCUT2D eigenvalue weighted by molar-refractivity contribution is 0.224. The van der Waals surface area contributed by atoms with Gasteiger partial charge in [0.15, 0.2) is 0 Å². The number of aromatic nitrogens is 1. The van der Waals surface area contributed by atoms with Crippen molar-refractivity contribution in [2.75, 3.05) is 25.0 Å². The Hall–Kier alpha value is -2.26. The van der Waals surface area contributed by atoms with Crippen LogP contribution in [-0.2, 0) is 5.41 Å². The largest absolute Gasteiger partial charge is 0.468 e. The Morgan fingerprint density at radius 1 is 1.38 bits per heavy atom. The lowest BCUT2D eigenvalue weighted by Crippen LogP contribution is -2.30. The maximum atomic E-state index is 9.32. The van der Waals surface area contributed by atoms with Crippen LogP contribution in [0.1, 0.15) is 57.0 Å². The quantitative estimate of drug-likeness (QED) is 0.902. The molecule has 0 bridgehead atoms. The van der Waals surface area contributed by atoms with E-state index in [2.05, 4.69) is 21.3 Å². The van der Waals surface area contributed by atoms with Crippen LogP contribution in [0.2, 0.25) is 0 Å². The second-order valence-electron chi connectivity index (χ2n) is 7.21. The molecule has 1 aliphatic heterocycles. The molecule has 3 rings (SSSR count). The Bertz CT molecular complexity index is 700. The van der Waals surface area contributed by atoms with Gasteiger partial charge in [0.1, 0.15) is 11.8 Å². The number of furan rings is 1. The Morgan fingerprint density at radius 3 is 2.71 bits per heavy atom. The Balaban J connectivity index is 1.77. The van der Waals surface area contributed by atoms with E-state index in [1.165, 1.54) is 12.8 Å². The Kier molecular flexibility index (Phi) is 4.63. The van der Waals surface area contributed by atoms with E-state index in [-0.39, 0.29) is 11.5 Å². The van der Waals surface area contributed by atoms with Gasteiger partial charge in [0.2, 0.25) is 17.5 Å². The highest BCUT2D eigenvalue weighted by Gasteiger charge is 2.28. The molecule has 2 aromatic heterocycles. The summed E-state index contributed by atoms with van der Waals surface area (Å²) in [5.74, 6) is 1.94. The molecule has 6 nitrogen and oxygen atoms in total. The van der Waals surface area contributed by atoms with E-state index in [1.54, 1.807) is 6.26 Å². The molecule has 2 aromatic rings. The first-order valence-electron chi connectivity index (χ1n) is 8.42. The van der Waals surface area contributed by atoms with Crippen LogP contribution in [-0.4, -0.2) is 29.5 Å². The number of nitriles is 1. The highest BCUT2D eigenvalue weighted by Crippen LogP contribution is 2.29. The number of nitrogens with zero attached hydrogens (tertiary/aromatic N) is 3. The average Bonchev–Trinajstić information content (AvgIpc) is 3.29. The van der Waals surface area contributed by atoms with Crippen LogP contribution in [0.4, 0.5) is 5.88 Å². The molecule has 0 aliphatic carbocycles. The van der Waals surface area contributed by atoms with Crippen molar-refractivity contribution >= 4 is 5.88 Å². The molecular weight excluding hydrogens is 304 g/mol. The highest BCUT2D eigenvalue weighted by molar-refractivity contribution is 5.46. The fourth-order valence-corrected chi connectivity index (χ4v) is 2.97. The van der Waals surface area contributed by atoms with Crippen molar-refractivity contribution in [3.8, 4) is 6.07 Å². The third-order valence-corrected chi connectivity index (χ3v) is 4.28. The molecule has 0 saturated carbocycles. The molecule has 1 saturated heterocycles. The zero-order chi connectivity index (χ0) is 17.2. The van der Waals surface area contributed by atoms with E-state index >= 15 is 0 Å². The van der Waals surface area contributed by atoms with Gasteiger partial charge in [0.05, 0.1) is 12.3 Å². The lowest BCUT2D eigenvalue weighted by Gasteiger charge is -2.25. The first kappa shape index (κ1) is 16.6. The summed E-state index contributed by atoms with van der Waals surface area (Å²) in [6.45, 7) is 8.77. The summed E-state index contributed by atoms with van der Waals surface area (Å²) in [7, 11) is 0. The van der Waals surface area contributed by atoms with E-state index in [1.807, 2.05) is 32.9 Å². The van der Waals surface area contributed by atoms with E-state index < -0.39 is 0 Å². The summed E-state index contributed by atoms with van der Waals surface area (Å²) in [6, 6.07) is 6.14. The zero-order valence-electron chi connectivity index (χ0n) is 14.5. The second kappa shape index (κ2) is 6.70. The second-order valence-corrected chi connectivity index (χ2v) is 7.21. The van der Waals surface area contributed by atoms with Crippen molar-refractivity contribution in [2.45, 2.75) is 45.1 Å². The van der Waals surface area contributed by atoms with Crippen molar-refractivity contribution in [3.05, 3.63) is 35.7 Å². The number of oxazole rings is 1. The van der Waals surface area contributed by atoms with Gasteiger partial charge in [-0.2, -0.15) is 10.2 Å². The normalized spacial score (nSPS) is 16.9. The minimum Gasteiger partial charge on any atom is -0.468 e. The lowest BCUT2D eigenvalue weighted by atomic mass is 9.97. The zero-order valence-corrected chi connectivity index (χ0v) is 14.5. The van der Waals surface area contributed by atoms with Gasteiger partial charge >= 0.3 is 0 Å². The summed E-state index contributed by atoms with van der Waals surface area (Å²) in [5.41, 5.74) is 0.0699. The SMILES string of the molecule is CC(C)(C)c1nc(C#N)c(NC[C@@H](c2ccco2)N2CCCC2)o1. The minimum atomic E-state index is -0.235. The molecule has 1 fully saturated rings. The smallest absolute Gasteiger partial charge is 0.232 e. The van der Waals surface area contributed by atoms with Crippen molar-refractivity contribution in [2.24, 2.45) is 0 Å². The van der Waals surface area contributed by atoms with Gasteiger partial charge in [-0.05, 0) is 38.1 Å². The van der Waals surface area contributed by atoms with Crippen molar-refractivity contribution in [1.82, 2.24) is 9.88 Å². The monoisotopic (exact) mass is 328 g/mol. The number of nitrogens with one attached hydrogen (secondary N) is 1. The van der Waals surface area contributed by atoms with E-state index in [4.69, 9.17) is 8.83 Å². The van der Waals surface area contributed by atoms with Crippen LogP contribution in [0.25, 0.3) is 0 Å². The van der Waals surface area contributed by atoms with Gasteiger partial charge in [-0.25, -0.2) is 0 Å². The molecule has 0 aromatic carbocycles. The predicted molar refractivity (Wildman–Crippen MR) is 90.7 cm³/mol. The first-order valence-corrected chi connectivity index (χ1v) is 8.42. The van der Waals surface area contributed by atoms with Gasteiger partial charge in [-0.1, -0.05) is 20.8 Å². The molecule has 6 heteroatoms. The summed E-state index contributed by atoms with van der Waals surface area (Å²) in [5, 5.41) is 12.6. The minimum absolute atomic E-state index is 0.122. The van der Waals surface area contributed by atoms with Crippen molar-refractivity contribution in [1.29, 1.82) is 5.26 Å². The summed E-state index contributed by atoms with van der Waals surface area (Å²) < 4.78 is 11.4. The van der Waals surface area contributed by atoms with Crippen molar-refractivity contribution < 1.29 is 8.83 Å². The summed E-state index contributed by atoms with van der Waals surface area (Å²) in [6.07, 6.45) is 4.11. The van der Waals surface area contributed by atoms with Crippen LogP contribution < -0.4 is 5.32 Å². The molecule has 0 unspecified atom stereocenters. The molecule has 1 aliphatic rings. The van der Waals surface area contributed by atoms with Crippen LogP contribution in [0.15, 0.2) is 27.2 Å². The topological polar surface area (TPSA) is 78.2 Å². The summed E-state index contributed by atoms with van der Waals surface area (Å²) >= 11 is 0. The van der Waals surface area contributed by atoms with Gasteiger partial charge in [-0.15, -0.1) is 0 Å². The van der Waals surface area contributed by atoms with Crippen LogP contribution in [0, 0.1) is 11.3 Å². The molecule has 128 valence electrons. The number of rotatable bonds is 5. The number of hydrogen-bond acceptors (Lipinski definition) is 6.